The van der Waals surface area contributed by atoms with Crippen molar-refractivity contribution < 1.29 is 9.53 Å². The third-order valence-corrected chi connectivity index (χ3v) is 4.95. The molecule has 0 atom stereocenters. The number of unbranched alkanes of at least 4 members (excludes halogenated alkanes) is 3. The maximum atomic E-state index is 11.1. The Kier molecular flexibility index (Phi) is 9.69. The van der Waals surface area contributed by atoms with Crippen molar-refractivity contribution >= 4 is 11.9 Å². The summed E-state index contributed by atoms with van der Waals surface area (Å²) < 4.78 is 4.66. The fourth-order valence-corrected chi connectivity index (χ4v) is 3.34. The van der Waals surface area contributed by atoms with Gasteiger partial charge in [-0.1, -0.05) is 43.2 Å². The summed E-state index contributed by atoms with van der Waals surface area (Å²) in [5, 5.41) is 3.48. The summed E-state index contributed by atoms with van der Waals surface area (Å²) in [6.07, 6.45) is 4.71. The first kappa shape index (κ1) is 21.2. The predicted octanol–water partition coefficient (Wildman–Crippen LogP) is 2.50. The molecule has 1 heterocycles. The molecule has 2 rings (SSSR count). The van der Waals surface area contributed by atoms with Crippen molar-refractivity contribution in [3.8, 4) is 0 Å². The quantitative estimate of drug-likeness (QED) is 0.311. The lowest BCUT2D eigenvalue weighted by Crippen LogP contribution is -2.52. The summed E-state index contributed by atoms with van der Waals surface area (Å²) in [7, 11) is 3.30. The molecule has 1 fully saturated rings. The van der Waals surface area contributed by atoms with Gasteiger partial charge in [-0.15, -0.1) is 0 Å². The molecule has 0 unspecified atom stereocenters. The highest BCUT2D eigenvalue weighted by Gasteiger charge is 2.19. The third-order valence-electron chi connectivity index (χ3n) is 4.95. The first-order valence-corrected chi connectivity index (χ1v) is 10.0. The first-order valence-electron chi connectivity index (χ1n) is 10.0. The van der Waals surface area contributed by atoms with E-state index in [0.717, 1.165) is 70.9 Å². The Balaban J connectivity index is 1.59. The number of rotatable bonds is 9. The highest BCUT2D eigenvalue weighted by molar-refractivity contribution is 5.79. The van der Waals surface area contributed by atoms with Crippen LogP contribution in [0.2, 0.25) is 0 Å². The minimum Gasteiger partial charge on any atom is -0.469 e. The van der Waals surface area contributed by atoms with E-state index >= 15 is 0 Å². The van der Waals surface area contributed by atoms with Gasteiger partial charge in [-0.25, -0.2) is 0 Å². The molecule has 1 aliphatic heterocycles. The fraction of sp³-hybridized carbons (Fsp3) is 0.619. The zero-order valence-electron chi connectivity index (χ0n) is 16.8. The highest BCUT2D eigenvalue weighted by Crippen LogP contribution is 2.09. The number of esters is 1. The molecule has 0 aromatic heterocycles. The number of guanidine groups is 1. The van der Waals surface area contributed by atoms with Crippen LogP contribution in [0.4, 0.5) is 0 Å². The summed E-state index contributed by atoms with van der Waals surface area (Å²) in [4.78, 5) is 20.4. The monoisotopic (exact) mass is 374 g/mol. The number of aliphatic imine (C=N–C) groups is 1. The molecule has 0 amide bonds. The lowest BCUT2D eigenvalue weighted by molar-refractivity contribution is -0.140. The van der Waals surface area contributed by atoms with E-state index in [-0.39, 0.29) is 5.97 Å². The van der Waals surface area contributed by atoms with Crippen LogP contribution >= 0.6 is 0 Å². The second-order valence-electron chi connectivity index (χ2n) is 6.96. The third kappa shape index (κ3) is 7.99. The number of benzene rings is 1. The van der Waals surface area contributed by atoms with Crippen molar-refractivity contribution in [2.75, 3.05) is 46.9 Å². The van der Waals surface area contributed by atoms with Crippen molar-refractivity contribution in [1.29, 1.82) is 0 Å². The molecule has 0 radical (unpaired) electrons. The van der Waals surface area contributed by atoms with Gasteiger partial charge in [0, 0.05) is 52.7 Å². The van der Waals surface area contributed by atoms with E-state index in [4.69, 9.17) is 0 Å². The van der Waals surface area contributed by atoms with Gasteiger partial charge in [-0.3, -0.25) is 14.7 Å². The molecular formula is C21H34N4O2. The van der Waals surface area contributed by atoms with Crippen LogP contribution in [0.1, 0.15) is 37.7 Å². The van der Waals surface area contributed by atoms with Gasteiger partial charge < -0.3 is 15.0 Å². The van der Waals surface area contributed by atoms with Crippen LogP contribution in [0.3, 0.4) is 0 Å². The minimum absolute atomic E-state index is 0.111. The number of hydrogen-bond donors (Lipinski definition) is 1. The molecule has 27 heavy (non-hydrogen) atoms. The molecule has 0 aliphatic carbocycles. The Morgan fingerprint density at radius 2 is 1.78 bits per heavy atom. The molecule has 1 aromatic carbocycles. The topological polar surface area (TPSA) is 57.2 Å². The summed E-state index contributed by atoms with van der Waals surface area (Å²) in [6.45, 7) is 6.07. The second-order valence-corrected chi connectivity index (χ2v) is 6.96. The zero-order valence-corrected chi connectivity index (χ0v) is 16.8. The van der Waals surface area contributed by atoms with E-state index < -0.39 is 0 Å². The van der Waals surface area contributed by atoms with E-state index in [2.05, 4.69) is 55.2 Å². The minimum atomic E-state index is -0.111. The summed E-state index contributed by atoms with van der Waals surface area (Å²) in [5.74, 6) is 0.892. The van der Waals surface area contributed by atoms with E-state index in [9.17, 15) is 4.79 Å². The number of nitrogens with one attached hydrogen (secondary N) is 1. The van der Waals surface area contributed by atoms with Gasteiger partial charge in [0.25, 0.3) is 0 Å². The molecule has 0 spiro atoms. The van der Waals surface area contributed by atoms with E-state index in [1.54, 1.807) is 0 Å². The lowest BCUT2D eigenvalue weighted by atomic mass is 10.1. The molecule has 0 saturated carbocycles. The van der Waals surface area contributed by atoms with Crippen LogP contribution in [0.5, 0.6) is 0 Å². The number of piperazine rings is 1. The van der Waals surface area contributed by atoms with Crippen molar-refractivity contribution in [3.05, 3.63) is 35.9 Å². The molecule has 1 aromatic rings. The number of methoxy groups -OCH3 is 1. The van der Waals surface area contributed by atoms with Gasteiger partial charge in [0.15, 0.2) is 5.96 Å². The average Bonchev–Trinajstić information content (AvgIpc) is 2.71. The number of ether oxygens (including phenoxy) is 1. The first-order chi connectivity index (χ1) is 13.2. The molecule has 6 nitrogen and oxygen atoms in total. The maximum Gasteiger partial charge on any atom is 0.305 e. The Hall–Kier alpha value is -2.08. The van der Waals surface area contributed by atoms with Crippen LogP contribution in [0.25, 0.3) is 0 Å². The normalized spacial score (nSPS) is 15.6. The molecule has 1 aliphatic rings. The van der Waals surface area contributed by atoms with Crippen molar-refractivity contribution in [3.63, 3.8) is 0 Å². The maximum absolute atomic E-state index is 11.1. The van der Waals surface area contributed by atoms with Gasteiger partial charge in [-0.2, -0.15) is 0 Å². The van der Waals surface area contributed by atoms with Crippen molar-refractivity contribution in [2.24, 2.45) is 4.99 Å². The molecule has 1 N–H and O–H groups in total. The standard InChI is InChI=1S/C21H34N4O2/c1-22-21(23-13-9-4-3-8-12-20(26)27-2)25-16-14-24(15-17-25)18-19-10-6-5-7-11-19/h5-7,10-11H,3-4,8-9,12-18H2,1-2H3,(H,22,23). The van der Waals surface area contributed by atoms with Crippen LogP contribution in [-0.2, 0) is 16.1 Å². The number of hydrogen-bond acceptors (Lipinski definition) is 4. The van der Waals surface area contributed by atoms with Gasteiger partial charge in [0.05, 0.1) is 7.11 Å². The zero-order chi connectivity index (χ0) is 19.3. The Bertz CT molecular complexity index is 569. The summed E-state index contributed by atoms with van der Waals surface area (Å²) >= 11 is 0. The van der Waals surface area contributed by atoms with Gasteiger partial charge in [0.2, 0.25) is 0 Å². The van der Waals surface area contributed by atoms with Gasteiger partial charge >= 0.3 is 5.97 Å². The molecule has 0 bridgehead atoms. The summed E-state index contributed by atoms with van der Waals surface area (Å²) in [5.41, 5.74) is 1.38. The van der Waals surface area contributed by atoms with E-state index in [1.807, 2.05) is 7.05 Å². The number of nitrogens with zero attached hydrogens (tertiary/aromatic N) is 3. The van der Waals surface area contributed by atoms with Crippen molar-refractivity contribution in [1.82, 2.24) is 15.1 Å². The average molecular weight is 375 g/mol. The van der Waals surface area contributed by atoms with Gasteiger partial charge in [0.1, 0.15) is 0 Å². The molecular weight excluding hydrogens is 340 g/mol. The molecule has 6 heteroatoms. The fourth-order valence-electron chi connectivity index (χ4n) is 3.34. The Morgan fingerprint density at radius 3 is 2.44 bits per heavy atom. The number of carbonyl (C=O) groups is 1. The number of carbonyl (C=O) groups excluding carboxylic acids is 1. The molecule has 150 valence electrons. The largest absolute Gasteiger partial charge is 0.469 e. The lowest BCUT2D eigenvalue weighted by Gasteiger charge is -2.36. The van der Waals surface area contributed by atoms with Gasteiger partial charge in [-0.05, 0) is 18.4 Å². The SMILES string of the molecule is CN=C(NCCCCCCC(=O)OC)N1CCN(Cc2ccccc2)CC1. The second kappa shape index (κ2) is 12.3. The van der Waals surface area contributed by atoms with Crippen LogP contribution in [0, 0.1) is 0 Å². The van der Waals surface area contributed by atoms with Crippen LogP contribution in [-0.4, -0.2) is 68.6 Å². The van der Waals surface area contributed by atoms with Crippen LogP contribution < -0.4 is 5.32 Å². The van der Waals surface area contributed by atoms with E-state index in [0.29, 0.717) is 6.42 Å². The molecule has 1 saturated heterocycles. The summed E-state index contributed by atoms with van der Waals surface area (Å²) in [6, 6.07) is 10.7. The van der Waals surface area contributed by atoms with Crippen molar-refractivity contribution in [2.45, 2.75) is 38.6 Å². The van der Waals surface area contributed by atoms with Crippen LogP contribution in [0.15, 0.2) is 35.3 Å². The predicted molar refractivity (Wildman–Crippen MR) is 110 cm³/mol. The Labute approximate surface area is 163 Å². The Morgan fingerprint density at radius 1 is 1.07 bits per heavy atom. The highest BCUT2D eigenvalue weighted by atomic mass is 16.5. The smallest absolute Gasteiger partial charge is 0.305 e. The van der Waals surface area contributed by atoms with E-state index in [1.165, 1.54) is 12.7 Å².